The summed E-state index contributed by atoms with van der Waals surface area (Å²) in [5, 5.41) is 0. The van der Waals surface area contributed by atoms with E-state index in [0.717, 1.165) is 0 Å². The van der Waals surface area contributed by atoms with Crippen LogP contribution < -0.4 is 0 Å². The second-order valence-corrected chi connectivity index (χ2v) is 6.51. The Balaban J connectivity index is 0. The molecule has 1 nitrogen and oxygen atoms in total. The maximum absolute atomic E-state index is 8.66. The third-order valence-corrected chi connectivity index (χ3v) is 0. The van der Waals surface area contributed by atoms with E-state index in [4.69, 9.17) is 4.80 Å². The molecule has 0 heterocycles. The van der Waals surface area contributed by atoms with Crippen LogP contribution in [-0.4, -0.2) is 64.5 Å². The van der Waals surface area contributed by atoms with E-state index in [1.807, 2.05) is 19.6 Å². The molecule has 0 aromatic heterocycles. The van der Waals surface area contributed by atoms with Crippen molar-refractivity contribution >= 4 is 59.7 Å². The molecule has 0 saturated heterocycles. The van der Waals surface area contributed by atoms with Gasteiger partial charge in [-0.3, -0.25) is 0 Å². The monoisotopic (exact) mass is 130 g/mol. The molecule has 0 spiro atoms. The van der Waals surface area contributed by atoms with Gasteiger partial charge in [0, 0.05) is 0 Å². The predicted molar refractivity (Wildman–Crippen MR) is 32.7 cm³/mol. The van der Waals surface area contributed by atoms with E-state index in [9.17, 15) is 0 Å². The predicted octanol–water partition coefficient (Wildman–Crippen LogP) is 0.165. The Hall–Kier alpha value is 1.81. The van der Waals surface area contributed by atoms with Crippen molar-refractivity contribution in [1.29, 1.82) is 0 Å². The van der Waals surface area contributed by atoms with Gasteiger partial charge in [0.15, 0.2) is 8.32 Å². The van der Waals surface area contributed by atoms with Gasteiger partial charge in [-0.15, -0.1) is 0 Å². The Morgan fingerprint density at radius 1 is 1.17 bits per heavy atom. The van der Waals surface area contributed by atoms with Crippen LogP contribution in [0.25, 0.3) is 0 Å². The minimum atomic E-state index is -1.61. The number of rotatable bonds is 0. The van der Waals surface area contributed by atoms with Crippen LogP contribution in [0.4, 0.5) is 0 Å². The topological polar surface area (TPSA) is 20.2 Å². The molecule has 0 bridgehead atoms. The van der Waals surface area contributed by atoms with Crippen molar-refractivity contribution in [2.75, 3.05) is 0 Å². The summed E-state index contributed by atoms with van der Waals surface area (Å²) in [5.41, 5.74) is 0. The van der Waals surface area contributed by atoms with E-state index in [-0.39, 0.29) is 51.4 Å². The van der Waals surface area contributed by atoms with Gasteiger partial charge >= 0.3 is 51.4 Å². The quantitative estimate of drug-likeness (QED) is 0.463. The minimum absolute atomic E-state index is 0. The Labute approximate surface area is 82.7 Å². The molecule has 0 aromatic rings. The van der Waals surface area contributed by atoms with E-state index < -0.39 is 8.32 Å². The van der Waals surface area contributed by atoms with Gasteiger partial charge in [0.25, 0.3) is 0 Å². The Morgan fingerprint density at radius 3 is 1.17 bits per heavy atom. The van der Waals surface area contributed by atoms with Gasteiger partial charge in [-0.2, -0.15) is 0 Å². The van der Waals surface area contributed by atoms with Crippen molar-refractivity contribution < 1.29 is 4.80 Å². The third-order valence-electron chi connectivity index (χ3n) is 0. The first-order chi connectivity index (χ1) is 2.00. The molecular formula is C3H11KOSi. The summed E-state index contributed by atoms with van der Waals surface area (Å²) >= 11 is 0. The fourth-order valence-electron chi connectivity index (χ4n) is 0. The summed E-state index contributed by atoms with van der Waals surface area (Å²) in [6.07, 6.45) is 0. The number of hydrogen-bond acceptors (Lipinski definition) is 1. The first kappa shape index (κ1) is 10.7. The van der Waals surface area contributed by atoms with Crippen molar-refractivity contribution in [2.45, 2.75) is 19.6 Å². The fourth-order valence-corrected chi connectivity index (χ4v) is 0. The summed E-state index contributed by atoms with van der Waals surface area (Å²) in [6.45, 7) is 5.65. The van der Waals surface area contributed by atoms with Gasteiger partial charge in [-0.1, -0.05) is 0 Å². The standard InChI is InChI=1S/C3H10OSi.K.H/c1-5(2,3)4;;/h4H,1-3H3;;. The van der Waals surface area contributed by atoms with Gasteiger partial charge in [-0.25, -0.2) is 0 Å². The van der Waals surface area contributed by atoms with E-state index in [2.05, 4.69) is 0 Å². The zero-order chi connectivity index (χ0) is 4.50. The SMILES string of the molecule is C[Si](C)(C)O.[KH]. The third kappa shape index (κ3) is 41.0. The van der Waals surface area contributed by atoms with Crippen LogP contribution in [0.2, 0.25) is 19.6 Å². The maximum atomic E-state index is 8.66. The molecule has 0 radical (unpaired) electrons. The fraction of sp³-hybridized carbons (Fsp3) is 1.00. The van der Waals surface area contributed by atoms with Gasteiger partial charge in [0.1, 0.15) is 0 Å². The van der Waals surface area contributed by atoms with Crippen molar-refractivity contribution in [1.82, 2.24) is 0 Å². The average molecular weight is 130 g/mol. The molecule has 0 fully saturated rings. The van der Waals surface area contributed by atoms with Crippen LogP contribution in [0.1, 0.15) is 0 Å². The molecule has 1 N–H and O–H groups in total. The average Bonchev–Trinajstić information content (AvgIpc) is 0.722. The zero-order valence-corrected chi connectivity index (χ0v) is 4.95. The molecule has 0 unspecified atom stereocenters. The Bertz CT molecular complexity index is 26.3. The van der Waals surface area contributed by atoms with Gasteiger partial charge in [0.05, 0.1) is 0 Å². The summed E-state index contributed by atoms with van der Waals surface area (Å²) in [4.78, 5) is 8.66. The van der Waals surface area contributed by atoms with Gasteiger partial charge < -0.3 is 4.80 Å². The van der Waals surface area contributed by atoms with Crippen LogP contribution in [0.3, 0.4) is 0 Å². The van der Waals surface area contributed by atoms with Crippen molar-refractivity contribution in [3.63, 3.8) is 0 Å². The van der Waals surface area contributed by atoms with Crippen LogP contribution in [0.15, 0.2) is 0 Å². The normalized spacial score (nSPS) is 10.0. The molecule has 0 aliphatic rings. The molecule has 0 rings (SSSR count). The van der Waals surface area contributed by atoms with Crippen LogP contribution in [0, 0.1) is 0 Å². The molecular weight excluding hydrogens is 119 g/mol. The molecule has 6 heavy (non-hydrogen) atoms. The van der Waals surface area contributed by atoms with Gasteiger partial charge in [-0.05, 0) is 19.6 Å². The van der Waals surface area contributed by atoms with E-state index in [1.165, 1.54) is 0 Å². The van der Waals surface area contributed by atoms with Crippen molar-refractivity contribution in [3.05, 3.63) is 0 Å². The molecule has 0 aliphatic carbocycles. The summed E-state index contributed by atoms with van der Waals surface area (Å²) in [5.74, 6) is 0. The van der Waals surface area contributed by atoms with Crippen molar-refractivity contribution in [3.8, 4) is 0 Å². The Morgan fingerprint density at radius 2 is 1.17 bits per heavy atom. The van der Waals surface area contributed by atoms with E-state index in [1.54, 1.807) is 0 Å². The second-order valence-electron chi connectivity index (χ2n) is 2.17. The summed E-state index contributed by atoms with van der Waals surface area (Å²) in [7, 11) is -1.61. The summed E-state index contributed by atoms with van der Waals surface area (Å²) in [6, 6.07) is 0. The zero-order valence-electron chi connectivity index (χ0n) is 3.95. The number of hydrogen-bond donors (Lipinski definition) is 1. The van der Waals surface area contributed by atoms with Gasteiger partial charge in [0.2, 0.25) is 0 Å². The molecule has 0 aromatic carbocycles. The van der Waals surface area contributed by atoms with Crippen LogP contribution in [-0.2, 0) is 0 Å². The first-order valence-corrected chi connectivity index (χ1v) is 5.17. The molecule has 3 heteroatoms. The Kier molecular flexibility index (Phi) is 6.75. The first-order valence-electron chi connectivity index (χ1n) is 1.72. The molecule has 0 saturated carbocycles. The summed E-state index contributed by atoms with van der Waals surface area (Å²) < 4.78 is 0. The van der Waals surface area contributed by atoms with E-state index >= 15 is 0 Å². The second kappa shape index (κ2) is 3.77. The van der Waals surface area contributed by atoms with E-state index in [0.29, 0.717) is 0 Å². The molecule has 34 valence electrons. The molecule has 0 aliphatic heterocycles. The van der Waals surface area contributed by atoms with Crippen LogP contribution in [0.5, 0.6) is 0 Å². The molecule has 0 atom stereocenters. The van der Waals surface area contributed by atoms with Crippen LogP contribution >= 0.6 is 0 Å². The molecule has 0 amide bonds. The van der Waals surface area contributed by atoms with Crippen molar-refractivity contribution in [2.24, 2.45) is 0 Å².